The van der Waals surface area contributed by atoms with E-state index in [2.05, 4.69) is 10.2 Å². The summed E-state index contributed by atoms with van der Waals surface area (Å²) in [6.45, 7) is 3.50. The molecule has 0 bridgehead atoms. The molecule has 0 aliphatic carbocycles. The molecule has 4 rings (SSSR count). The molecule has 29 heavy (non-hydrogen) atoms. The molecule has 2 heterocycles. The minimum absolute atomic E-state index is 0.279. The van der Waals surface area contributed by atoms with Crippen molar-refractivity contribution in [3.63, 3.8) is 0 Å². The number of aryl methyl sites for hydroxylation is 1. The van der Waals surface area contributed by atoms with Crippen molar-refractivity contribution in [2.75, 3.05) is 5.01 Å². The van der Waals surface area contributed by atoms with E-state index in [-0.39, 0.29) is 11.5 Å². The Kier molecular flexibility index (Phi) is 4.90. The number of hydrogen-bond acceptors (Lipinski definition) is 3. The van der Waals surface area contributed by atoms with Gasteiger partial charge in [-0.3, -0.25) is 14.7 Å². The molecule has 1 N–H and O–H groups in total. The number of H-pyrrole nitrogens is 1. The molecule has 8 heteroatoms. The average molecular weight is 427 g/mol. The lowest BCUT2D eigenvalue weighted by Crippen LogP contribution is -2.22. The minimum atomic E-state index is -0.320. The van der Waals surface area contributed by atoms with Gasteiger partial charge in [-0.25, -0.2) is 4.68 Å². The predicted molar refractivity (Wildman–Crippen MR) is 116 cm³/mol. The lowest BCUT2D eigenvalue weighted by molar-refractivity contribution is -0.114. The minimum Gasteiger partial charge on any atom is -0.295 e. The number of hydrogen-bond donors (Lipinski definition) is 1. The Morgan fingerprint density at radius 3 is 2.24 bits per heavy atom. The number of aromatic amines is 1. The summed E-state index contributed by atoms with van der Waals surface area (Å²) in [6, 6.07) is 13.8. The number of benzene rings is 2. The third-order valence-corrected chi connectivity index (χ3v) is 5.06. The van der Waals surface area contributed by atoms with Crippen LogP contribution < -0.4 is 10.6 Å². The van der Waals surface area contributed by atoms with E-state index >= 15 is 0 Å². The Bertz CT molecular complexity index is 1250. The van der Waals surface area contributed by atoms with E-state index in [9.17, 15) is 9.59 Å². The van der Waals surface area contributed by atoms with Crippen LogP contribution in [0.15, 0.2) is 64.0 Å². The van der Waals surface area contributed by atoms with E-state index in [1.807, 2.05) is 0 Å². The first-order valence-corrected chi connectivity index (χ1v) is 9.55. The lowest BCUT2D eigenvalue weighted by Gasteiger charge is -2.11. The van der Waals surface area contributed by atoms with Gasteiger partial charge in [0.05, 0.1) is 28.2 Å². The molecular formula is C21H16Cl2N4O2. The van der Waals surface area contributed by atoms with Gasteiger partial charge in [-0.15, -0.1) is 0 Å². The van der Waals surface area contributed by atoms with Crippen LogP contribution in [0.25, 0.3) is 11.8 Å². The van der Waals surface area contributed by atoms with Gasteiger partial charge in [0.25, 0.3) is 11.5 Å². The van der Waals surface area contributed by atoms with Gasteiger partial charge in [0.2, 0.25) is 0 Å². The molecule has 0 saturated heterocycles. The van der Waals surface area contributed by atoms with Crippen molar-refractivity contribution in [3.05, 3.63) is 85.8 Å². The second-order valence-corrected chi connectivity index (χ2v) is 7.48. The van der Waals surface area contributed by atoms with Gasteiger partial charge in [-0.2, -0.15) is 10.1 Å². The van der Waals surface area contributed by atoms with Crippen molar-refractivity contribution < 1.29 is 4.79 Å². The third kappa shape index (κ3) is 3.52. The highest BCUT2D eigenvalue weighted by atomic mass is 35.5. The van der Waals surface area contributed by atoms with Crippen LogP contribution in [0.2, 0.25) is 10.0 Å². The number of carbonyl (C=O) groups is 1. The Hall–Kier alpha value is -3.09. The second kappa shape index (κ2) is 7.39. The van der Waals surface area contributed by atoms with Crippen molar-refractivity contribution in [2.24, 2.45) is 5.10 Å². The molecule has 0 unspecified atom stereocenters. The van der Waals surface area contributed by atoms with E-state index in [1.54, 1.807) is 68.5 Å². The summed E-state index contributed by atoms with van der Waals surface area (Å²) in [6.07, 6.45) is 1.57. The maximum Gasteiger partial charge on any atom is 0.280 e. The highest BCUT2D eigenvalue weighted by molar-refractivity contribution is 6.33. The molecule has 146 valence electrons. The molecule has 0 atom stereocenters. The van der Waals surface area contributed by atoms with E-state index in [4.69, 9.17) is 23.2 Å². The van der Waals surface area contributed by atoms with Gasteiger partial charge in [0, 0.05) is 15.7 Å². The molecule has 0 spiro atoms. The van der Waals surface area contributed by atoms with Crippen molar-refractivity contribution in [3.8, 4) is 5.69 Å². The summed E-state index contributed by atoms with van der Waals surface area (Å²) in [5.74, 6) is -0.320. The summed E-state index contributed by atoms with van der Waals surface area (Å²) in [5.41, 5.74) is 2.78. The molecule has 1 amide bonds. The van der Waals surface area contributed by atoms with Crippen LogP contribution >= 0.6 is 23.2 Å². The Balaban J connectivity index is 1.75. The fourth-order valence-corrected chi connectivity index (χ4v) is 3.51. The first-order valence-electron chi connectivity index (χ1n) is 8.80. The number of hydrazone groups is 1. The fraction of sp³-hybridized carbons (Fsp3) is 0.0952. The van der Waals surface area contributed by atoms with Crippen LogP contribution in [-0.4, -0.2) is 21.4 Å². The van der Waals surface area contributed by atoms with Crippen LogP contribution in [0, 0.1) is 6.92 Å². The molecule has 1 aliphatic rings. The van der Waals surface area contributed by atoms with Crippen LogP contribution in [0.3, 0.4) is 0 Å². The molecule has 2 aromatic carbocycles. The van der Waals surface area contributed by atoms with Gasteiger partial charge in [-0.05, 0) is 56.3 Å². The number of nitrogens with zero attached hydrogens (tertiary/aromatic N) is 3. The lowest BCUT2D eigenvalue weighted by atomic mass is 10.1. The monoisotopic (exact) mass is 426 g/mol. The van der Waals surface area contributed by atoms with Crippen LogP contribution in [0.4, 0.5) is 5.69 Å². The van der Waals surface area contributed by atoms with Gasteiger partial charge < -0.3 is 0 Å². The van der Waals surface area contributed by atoms with E-state index < -0.39 is 0 Å². The highest BCUT2D eigenvalue weighted by Gasteiger charge is 2.29. The molecule has 3 aromatic rings. The van der Waals surface area contributed by atoms with Crippen molar-refractivity contribution in [1.82, 2.24) is 9.78 Å². The molecule has 1 aromatic heterocycles. The van der Waals surface area contributed by atoms with Crippen LogP contribution in [0.5, 0.6) is 0 Å². The summed E-state index contributed by atoms with van der Waals surface area (Å²) in [4.78, 5) is 25.9. The second-order valence-electron chi connectivity index (χ2n) is 6.61. The maximum atomic E-state index is 13.0. The molecule has 0 radical (unpaired) electrons. The van der Waals surface area contributed by atoms with Gasteiger partial charge in [-0.1, -0.05) is 35.3 Å². The summed E-state index contributed by atoms with van der Waals surface area (Å²) >= 11 is 12.1. The molecular weight excluding hydrogens is 411 g/mol. The first-order chi connectivity index (χ1) is 13.8. The number of halogens is 2. The predicted octanol–water partition coefficient (Wildman–Crippen LogP) is 4.59. The number of amides is 1. The Morgan fingerprint density at radius 2 is 1.59 bits per heavy atom. The average Bonchev–Trinajstić information content (AvgIpc) is 3.13. The summed E-state index contributed by atoms with van der Waals surface area (Å²) in [7, 11) is 0. The summed E-state index contributed by atoms with van der Waals surface area (Å²) < 4.78 is 1.40. The van der Waals surface area contributed by atoms with E-state index in [0.717, 1.165) is 0 Å². The van der Waals surface area contributed by atoms with Crippen molar-refractivity contribution in [2.45, 2.75) is 13.8 Å². The van der Waals surface area contributed by atoms with E-state index in [1.165, 1.54) is 9.69 Å². The highest BCUT2D eigenvalue weighted by Crippen LogP contribution is 2.27. The van der Waals surface area contributed by atoms with Crippen LogP contribution in [-0.2, 0) is 4.79 Å². The Morgan fingerprint density at radius 1 is 0.966 bits per heavy atom. The first kappa shape index (κ1) is 19.2. The number of rotatable bonds is 3. The smallest absolute Gasteiger partial charge is 0.280 e. The fourth-order valence-electron chi connectivity index (χ4n) is 3.14. The van der Waals surface area contributed by atoms with Crippen molar-refractivity contribution >= 4 is 46.6 Å². The third-order valence-electron chi connectivity index (χ3n) is 4.59. The van der Waals surface area contributed by atoms with E-state index in [0.29, 0.717) is 44.0 Å². The molecule has 6 nitrogen and oxygen atoms in total. The number of carbonyl (C=O) groups excluding carboxylic acids is 1. The number of aromatic nitrogens is 2. The molecule has 0 saturated carbocycles. The molecule has 0 fully saturated rings. The quantitative estimate of drug-likeness (QED) is 0.622. The zero-order valence-electron chi connectivity index (χ0n) is 15.6. The van der Waals surface area contributed by atoms with Gasteiger partial charge in [0.1, 0.15) is 0 Å². The zero-order chi connectivity index (χ0) is 20.7. The van der Waals surface area contributed by atoms with Crippen molar-refractivity contribution in [1.29, 1.82) is 0 Å². The maximum absolute atomic E-state index is 13.0. The normalized spacial score (nSPS) is 15.3. The number of anilines is 1. The van der Waals surface area contributed by atoms with Gasteiger partial charge >= 0.3 is 0 Å². The number of nitrogens with one attached hydrogen (secondary N) is 1. The molecule has 1 aliphatic heterocycles. The topological polar surface area (TPSA) is 70.5 Å². The largest absolute Gasteiger partial charge is 0.295 e. The standard InChI is InChI=1S/C21H16Cl2N4O2/c1-12-18(20(28)26(24-12)16-7-3-5-14(22)9-16)11-19-13(2)25-27(21(19)29)17-8-4-6-15(23)10-17/h3-11,24H,1-2H3/b19-11+. The Labute approximate surface area is 176 Å². The SMILES string of the molecule is CC1=NN(c2cccc(Cl)c2)C(=O)/C1=C/c1c(C)[nH]n(-c2cccc(Cl)c2)c1=O. The summed E-state index contributed by atoms with van der Waals surface area (Å²) in [5, 5.41) is 9.67. The van der Waals surface area contributed by atoms with Gasteiger partial charge in [0.15, 0.2) is 0 Å². The van der Waals surface area contributed by atoms with Crippen LogP contribution in [0.1, 0.15) is 18.2 Å². The zero-order valence-corrected chi connectivity index (χ0v) is 17.1.